The standard InChI is InChI=1S/C17H22N6/c1-9-7-12(16(19)21-4)8-10(2)15(9)23-17(20)14-11(3)22-6-5-13(14)18/h5-8,22H,3,18H2,1-2,4H3,(H2,19,21)(H2,20,23). The lowest BCUT2D eigenvalue weighted by molar-refractivity contribution is 1.05. The van der Waals surface area contributed by atoms with Crippen LogP contribution in [-0.2, 0) is 0 Å². The van der Waals surface area contributed by atoms with Crippen molar-refractivity contribution in [3.63, 3.8) is 0 Å². The first-order valence-corrected chi connectivity index (χ1v) is 7.15. The second kappa shape index (κ2) is 6.39. The molecule has 0 spiro atoms. The number of amidine groups is 2. The van der Waals surface area contributed by atoms with Gasteiger partial charge in [-0.3, -0.25) is 4.99 Å². The highest BCUT2D eigenvalue weighted by molar-refractivity contribution is 6.04. The monoisotopic (exact) mass is 310 g/mol. The fourth-order valence-electron chi connectivity index (χ4n) is 2.45. The zero-order valence-corrected chi connectivity index (χ0v) is 13.6. The first-order valence-electron chi connectivity index (χ1n) is 7.15. The van der Waals surface area contributed by atoms with Crippen LogP contribution in [0.1, 0.15) is 16.7 Å². The summed E-state index contributed by atoms with van der Waals surface area (Å²) in [5.74, 6) is 0.807. The van der Waals surface area contributed by atoms with Crippen LogP contribution < -0.4 is 22.5 Å². The summed E-state index contributed by atoms with van der Waals surface area (Å²) < 4.78 is 0. The Morgan fingerprint density at radius 2 is 1.74 bits per heavy atom. The second-order valence-corrected chi connectivity index (χ2v) is 5.35. The molecule has 6 heteroatoms. The lowest BCUT2D eigenvalue weighted by Crippen LogP contribution is -2.26. The van der Waals surface area contributed by atoms with E-state index in [-0.39, 0.29) is 0 Å². The highest BCUT2D eigenvalue weighted by Crippen LogP contribution is 2.27. The van der Waals surface area contributed by atoms with Crippen molar-refractivity contribution in [2.24, 2.45) is 27.2 Å². The fraction of sp³-hybridized carbons (Fsp3) is 0.176. The van der Waals surface area contributed by atoms with Gasteiger partial charge in [0.25, 0.3) is 0 Å². The molecule has 1 heterocycles. The van der Waals surface area contributed by atoms with Gasteiger partial charge >= 0.3 is 0 Å². The molecule has 120 valence electrons. The number of benzene rings is 1. The minimum atomic E-state index is 0.320. The van der Waals surface area contributed by atoms with Crippen LogP contribution in [0.3, 0.4) is 0 Å². The minimum absolute atomic E-state index is 0.320. The molecule has 0 bridgehead atoms. The Labute approximate surface area is 136 Å². The van der Waals surface area contributed by atoms with Crippen molar-refractivity contribution in [1.82, 2.24) is 5.32 Å². The summed E-state index contributed by atoms with van der Waals surface area (Å²) in [6, 6.07) is 3.88. The molecule has 0 aliphatic carbocycles. The van der Waals surface area contributed by atoms with E-state index in [1.54, 1.807) is 19.3 Å². The maximum absolute atomic E-state index is 6.15. The van der Waals surface area contributed by atoms with Gasteiger partial charge in [-0.25, -0.2) is 4.99 Å². The van der Waals surface area contributed by atoms with Crippen LogP contribution >= 0.6 is 0 Å². The predicted octanol–water partition coefficient (Wildman–Crippen LogP) is 1.47. The Kier molecular flexibility index (Phi) is 4.55. The van der Waals surface area contributed by atoms with Gasteiger partial charge in [-0.1, -0.05) is 6.58 Å². The zero-order chi connectivity index (χ0) is 17.1. The van der Waals surface area contributed by atoms with Gasteiger partial charge in [-0.05, 0) is 43.2 Å². The Morgan fingerprint density at radius 1 is 1.13 bits per heavy atom. The number of nitrogens with zero attached hydrogens (tertiary/aromatic N) is 2. The van der Waals surface area contributed by atoms with E-state index in [0.717, 1.165) is 22.4 Å². The van der Waals surface area contributed by atoms with Crippen LogP contribution in [0, 0.1) is 13.8 Å². The Bertz CT molecular complexity index is 757. The number of nitrogens with two attached hydrogens (primary N) is 3. The quantitative estimate of drug-likeness (QED) is 0.500. The molecule has 7 N–H and O–H groups in total. The molecule has 23 heavy (non-hydrogen) atoms. The van der Waals surface area contributed by atoms with Crippen LogP contribution in [-0.4, -0.2) is 18.7 Å². The zero-order valence-electron chi connectivity index (χ0n) is 13.6. The molecular formula is C17H22N6. The van der Waals surface area contributed by atoms with E-state index in [2.05, 4.69) is 21.9 Å². The van der Waals surface area contributed by atoms with E-state index in [1.165, 1.54) is 0 Å². The molecule has 0 atom stereocenters. The number of rotatable bonds is 3. The van der Waals surface area contributed by atoms with Crippen LogP contribution in [0.25, 0.3) is 0 Å². The summed E-state index contributed by atoms with van der Waals surface area (Å²) in [5, 5.41) is 2.98. The van der Waals surface area contributed by atoms with Crippen molar-refractivity contribution in [3.05, 3.63) is 64.6 Å². The topological polar surface area (TPSA) is 115 Å². The third-order valence-electron chi connectivity index (χ3n) is 3.63. The van der Waals surface area contributed by atoms with Crippen LogP contribution in [0.2, 0.25) is 0 Å². The molecule has 2 rings (SSSR count). The summed E-state index contributed by atoms with van der Waals surface area (Å²) in [4.78, 5) is 8.56. The maximum atomic E-state index is 6.15. The van der Waals surface area contributed by atoms with Gasteiger partial charge in [0.15, 0.2) is 0 Å². The molecule has 0 aromatic heterocycles. The molecule has 0 amide bonds. The van der Waals surface area contributed by atoms with Crippen molar-refractivity contribution < 1.29 is 0 Å². The minimum Gasteiger partial charge on any atom is -0.398 e. The van der Waals surface area contributed by atoms with E-state index in [4.69, 9.17) is 17.2 Å². The molecular weight excluding hydrogens is 288 g/mol. The van der Waals surface area contributed by atoms with Crippen molar-refractivity contribution in [1.29, 1.82) is 0 Å². The van der Waals surface area contributed by atoms with Crippen molar-refractivity contribution in [3.8, 4) is 0 Å². The highest BCUT2D eigenvalue weighted by atomic mass is 14.9. The van der Waals surface area contributed by atoms with E-state index in [1.807, 2.05) is 26.0 Å². The highest BCUT2D eigenvalue weighted by Gasteiger charge is 2.15. The summed E-state index contributed by atoms with van der Waals surface area (Å²) in [5.41, 5.74) is 23.4. The van der Waals surface area contributed by atoms with Crippen LogP contribution in [0.4, 0.5) is 5.69 Å². The third kappa shape index (κ3) is 3.26. The molecule has 1 aliphatic rings. The Hall–Kier alpha value is -3.02. The number of aryl methyl sites for hydroxylation is 2. The number of hydrogen-bond acceptors (Lipinski definition) is 4. The first-order chi connectivity index (χ1) is 10.8. The first kappa shape index (κ1) is 16.4. The van der Waals surface area contributed by atoms with Gasteiger partial charge in [0.2, 0.25) is 0 Å². The van der Waals surface area contributed by atoms with Gasteiger partial charge in [0.05, 0.1) is 11.3 Å². The molecule has 6 nitrogen and oxygen atoms in total. The third-order valence-corrected chi connectivity index (χ3v) is 3.63. The molecule has 0 radical (unpaired) electrons. The average Bonchev–Trinajstić information content (AvgIpc) is 2.49. The summed E-state index contributed by atoms with van der Waals surface area (Å²) in [6.45, 7) is 7.82. The number of nitrogens with one attached hydrogen (secondary N) is 1. The Morgan fingerprint density at radius 3 is 2.26 bits per heavy atom. The van der Waals surface area contributed by atoms with E-state index in [0.29, 0.717) is 28.6 Å². The number of allylic oxidation sites excluding steroid dienone is 1. The fourth-order valence-corrected chi connectivity index (χ4v) is 2.45. The van der Waals surface area contributed by atoms with Gasteiger partial charge in [-0.2, -0.15) is 0 Å². The number of aliphatic imine (C=N–C) groups is 2. The molecule has 0 saturated heterocycles. The molecule has 1 aliphatic heterocycles. The number of hydrogen-bond donors (Lipinski definition) is 4. The van der Waals surface area contributed by atoms with Gasteiger partial charge < -0.3 is 22.5 Å². The number of dihydropyridines is 1. The lowest BCUT2D eigenvalue weighted by Gasteiger charge is -2.17. The Balaban J connectivity index is 2.51. The van der Waals surface area contributed by atoms with Gasteiger partial charge in [0, 0.05) is 30.2 Å². The van der Waals surface area contributed by atoms with E-state index >= 15 is 0 Å². The smallest absolute Gasteiger partial charge is 0.135 e. The predicted molar refractivity (Wildman–Crippen MR) is 96.5 cm³/mol. The largest absolute Gasteiger partial charge is 0.398 e. The summed E-state index contributed by atoms with van der Waals surface area (Å²) in [7, 11) is 1.66. The molecule has 1 aromatic carbocycles. The average molecular weight is 310 g/mol. The maximum Gasteiger partial charge on any atom is 0.135 e. The van der Waals surface area contributed by atoms with Crippen molar-refractivity contribution in [2.75, 3.05) is 7.05 Å². The van der Waals surface area contributed by atoms with Crippen molar-refractivity contribution >= 4 is 17.4 Å². The van der Waals surface area contributed by atoms with Gasteiger partial charge in [0.1, 0.15) is 11.7 Å². The lowest BCUT2D eigenvalue weighted by atomic mass is 10.0. The molecule has 1 aromatic rings. The molecule has 0 unspecified atom stereocenters. The van der Waals surface area contributed by atoms with Crippen molar-refractivity contribution in [2.45, 2.75) is 13.8 Å². The van der Waals surface area contributed by atoms with E-state index < -0.39 is 0 Å². The molecule has 0 fully saturated rings. The van der Waals surface area contributed by atoms with E-state index in [9.17, 15) is 0 Å². The normalized spacial score (nSPS) is 15.9. The van der Waals surface area contributed by atoms with Crippen LogP contribution in [0.5, 0.6) is 0 Å². The molecule has 0 saturated carbocycles. The summed E-state index contributed by atoms with van der Waals surface area (Å²) in [6.07, 6.45) is 3.44. The second-order valence-electron chi connectivity index (χ2n) is 5.35. The van der Waals surface area contributed by atoms with Gasteiger partial charge in [-0.15, -0.1) is 0 Å². The SMILES string of the molecule is C=C1NC=CC(N)=C1C(N)=Nc1c(C)cc(C(N)=NC)cc1C. The summed E-state index contributed by atoms with van der Waals surface area (Å²) >= 11 is 0. The van der Waals surface area contributed by atoms with Crippen LogP contribution in [0.15, 0.2) is 57.9 Å².